The van der Waals surface area contributed by atoms with Crippen molar-refractivity contribution >= 4 is 11.3 Å². The van der Waals surface area contributed by atoms with Gasteiger partial charge in [-0.05, 0) is 45.0 Å². The van der Waals surface area contributed by atoms with Crippen LogP contribution >= 0.6 is 11.3 Å². The van der Waals surface area contributed by atoms with E-state index in [1.807, 2.05) is 17.8 Å². The maximum absolute atomic E-state index is 5.64. The van der Waals surface area contributed by atoms with Crippen LogP contribution in [0.4, 0.5) is 0 Å². The van der Waals surface area contributed by atoms with E-state index in [1.54, 1.807) is 17.6 Å². The minimum absolute atomic E-state index is 0.336. The monoisotopic (exact) mass is 291 g/mol. The predicted molar refractivity (Wildman–Crippen MR) is 80.8 cm³/mol. The summed E-state index contributed by atoms with van der Waals surface area (Å²) < 4.78 is 5.64. The number of nitrogens with zero attached hydrogens (tertiary/aromatic N) is 2. The molecule has 0 aliphatic carbocycles. The summed E-state index contributed by atoms with van der Waals surface area (Å²) in [5.74, 6) is 1.07. The number of thiazole rings is 1. The fourth-order valence-corrected chi connectivity index (χ4v) is 3.42. The zero-order chi connectivity index (χ0) is 13.8. The highest BCUT2D eigenvalue weighted by Gasteiger charge is 2.25. The normalized spacial score (nSPS) is 19.2. The molecule has 108 valence electrons. The maximum atomic E-state index is 5.64. The molecule has 4 nitrogen and oxygen atoms in total. The average Bonchev–Trinajstić information content (AvgIpc) is 3.22. The molecule has 0 amide bonds. The van der Waals surface area contributed by atoms with Crippen molar-refractivity contribution in [2.45, 2.75) is 31.8 Å². The lowest BCUT2D eigenvalue weighted by atomic mass is 10.1. The lowest BCUT2D eigenvalue weighted by Gasteiger charge is -2.27. The van der Waals surface area contributed by atoms with E-state index < -0.39 is 0 Å². The van der Waals surface area contributed by atoms with Crippen LogP contribution in [-0.4, -0.2) is 29.5 Å². The van der Waals surface area contributed by atoms with Crippen LogP contribution < -0.4 is 5.32 Å². The van der Waals surface area contributed by atoms with Gasteiger partial charge in [-0.3, -0.25) is 9.88 Å². The Balaban J connectivity index is 1.64. The molecule has 0 saturated carbocycles. The smallest absolute Gasteiger partial charge is 0.122 e. The summed E-state index contributed by atoms with van der Waals surface area (Å²) in [5.41, 5.74) is 1.89. The number of furan rings is 1. The molecule has 1 aliphatic rings. The van der Waals surface area contributed by atoms with Gasteiger partial charge in [0.05, 0.1) is 17.8 Å². The van der Waals surface area contributed by atoms with Crippen LogP contribution in [0.1, 0.15) is 42.5 Å². The van der Waals surface area contributed by atoms with Gasteiger partial charge in [-0.1, -0.05) is 0 Å². The van der Waals surface area contributed by atoms with Crippen molar-refractivity contribution in [3.8, 4) is 0 Å². The van der Waals surface area contributed by atoms with E-state index in [-0.39, 0.29) is 0 Å². The van der Waals surface area contributed by atoms with E-state index in [4.69, 9.17) is 4.42 Å². The van der Waals surface area contributed by atoms with E-state index in [0.29, 0.717) is 12.1 Å². The molecular weight excluding hydrogens is 270 g/mol. The van der Waals surface area contributed by atoms with Gasteiger partial charge in [0.25, 0.3) is 0 Å². The Labute approximate surface area is 123 Å². The number of hydrogen-bond donors (Lipinski definition) is 1. The molecule has 1 saturated heterocycles. The van der Waals surface area contributed by atoms with E-state index in [0.717, 1.165) is 12.3 Å². The predicted octanol–water partition coefficient (Wildman–Crippen LogP) is 3.22. The molecule has 0 radical (unpaired) electrons. The van der Waals surface area contributed by atoms with Gasteiger partial charge in [0.1, 0.15) is 5.76 Å². The van der Waals surface area contributed by atoms with Gasteiger partial charge in [0.15, 0.2) is 0 Å². The van der Waals surface area contributed by atoms with Gasteiger partial charge in [-0.2, -0.15) is 0 Å². The van der Waals surface area contributed by atoms with Gasteiger partial charge < -0.3 is 9.73 Å². The molecule has 3 rings (SSSR count). The second-order valence-electron chi connectivity index (χ2n) is 5.31. The topological polar surface area (TPSA) is 41.3 Å². The molecule has 5 heteroatoms. The molecule has 0 spiro atoms. The minimum Gasteiger partial charge on any atom is -0.468 e. The standard InChI is InChI=1S/C15H21N3OS/c1-12(15-10-16-11-20-15)17-9-13(14-5-4-8-19-14)18-6-2-3-7-18/h4-5,8,10-13,17H,2-3,6-7,9H2,1H3. The fourth-order valence-electron chi connectivity index (χ4n) is 2.77. The molecule has 0 aromatic carbocycles. The van der Waals surface area contributed by atoms with Crippen molar-refractivity contribution in [2.24, 2.45) is 0 Å². The summed E-state index contributed by atoms with van der Waals surface area (Å²) >= 11 is 1.70. The van der Waals surface area contributed by atoms with Crippen molar-refractivity contribution in [1.82, 2.24) is 15.2 Å². The Morgan fingerprint density at radius 2 is 2.30 bits per heavy atom. The zero-order valence-electron chi connectivity index (χ0n) is 11.8. The van der Waals surface area contributed by atoms with Crippen molar-refractivity contribution in [3.05, 3.63) is 40.7 Å². The second kappa shape index (κ2) is 6.52. The minimum atomic E-state index is 0.336. The molecule has 2 unspecified atom stereocenters. The summed E-state index contributed by atoms with van der Waals surface area (Å²) in [6.07, 6.45) is 6.30. The van der Waals surface area contributed by atoms with Gasteiger partial charge in [-0.25, -0.2) is 0 Å². The second-order valence-corrected chi connectivity index (χ2v) is 6.23. The molecule has 20 heavy (non-hydrogen) atoms. The highest BCUT2D eigenvalue weighted by Crippen LogP contribution is 2.26. The zero-order valence-corrected chi connectivity index (χ0v) is 12.6. The number of rotatable bonds is 6. The molecule has 3 heterocycles. The van der Waals surface area contributed by atoms with Crippen LogP contribution in [0.5, 0.6) is 0 Å². The van der Waals surface area contributed by atoms with Gasteiger partial charge in [-0.15, -0.1) is 11.3 Å². The maximum Gasteiger partial charge on any atom is 0.122 e. The van der Waals surface area contributed by atoms with Gasteiger partial charge >= 0.3 is 0 Å². The number of hydrogen-bond acceptors (Lipinski definition) is 5. The van der Waals surface area contributed by atoms with Crippen LogP contribution in [0.15, 0.2) is 34.5 Å². The lowest BCUT2D eigenvalue weighted by molar-refractivity contribution is 0.206. The first-order valence-electron chi connectivity index (χ1n) is 7.24. The summed E-state index contributed by atoms with van der Waals surface area (Å²) in [5, 5.41) is 3.62. The fraction of sp³-hybridized carbons (Fsp3) is 0.533. The third-order valence-electron chi connectivity index (χ3n) is 3.95. The summed E-state index contributed by atoms with van der Waals surface area (Å²) in [6, 6.07) is 4.73. The van der Waals surface area contributed by atoms with E-state index in [2.05, 4.69) is 28.2 Å². The Morgan fingerprint density at radius 3 is 2.95 bits per heavy atom. The molecular formula is C15H21N3OS. The largest absolute Gasteiger partial charge is 0.468 e. The van der Waals surface area contributed by atoms with Crippen LogP contribution in [0.25, 0.3) is 0 Å². The van der Waals surface area contributed by atoms with E-state index >= 15 is 0 Å². The van der Waals surface area contributed by atoms with Gasteiger partial charge in [0, 0.05) is 23.7 Å². The highest BCUT2D eigenvalue weighted by atomic mass is 32.1. The van der Waals surface area contributed by atoms with Crippen LogP contribution in [-0.2, 0) is 0 Å². The average molecular weight is 291 g/mol. The Kier molecular flexibility index (Phi) is 4.50. The molecule has 2 aromatic rings. The highest BCUT2D eigenvalue weighted by molar-refractivity contribution is 7.09. The number of likely N-dealkylation sites (tertiary alicyclic amines) is 1. The molecule has 2 atom stereocenters. The van der Waals surface area contributed by atoms with Crippen molar-refractivity contribution in [3.63, 3.8) is 0 Å². The third-order valence-corrected chi connectivity index (χ3v) is 4.91. The van der Waals surface area contributed by atoms with Crippen LogP contribution in [0.3, 0.4) is 0 Å². The first kappa shape index (κ1) is 13.8. The third kappa shape index (κ3) is 3.11. The molecule has 1 N–H and O–H groups in total. The first-order valence-corrected chi connectivity index (χ1v) is 8.12. The summed E-state index contributed by atoms with van der Waals surface area (Å²) in [6.45, 7) is 5.44. The Bertz CT molecular complexity index is 491. The summed E-state index contributed by atoms with van der Waals surface area (Å²) in [4.78, 5) is 7.95. The molecule has 0 bridgehead atoms. The quantitative estimate of drug-likeness (QED) is 0.887. The Morgan fingerprint density at radius 1 is 1.45 bits per heavy atom. The lowest BCUT2D eigenvalue weighted by Crippen LogP contribution is -2.34. The SMILES string of the molecule is CC(NCC(c1ccco1)N1CCCC1)c1cncs1. The molecule has 1 fully saturated rings. The van der Waals surface area contributed by atoms with Crippen LogP contribution in [0.2, 0.25) is 0 Å². The number of nitrogens with one attached hydrogen (secondary N) is 1. The molecule has 2 aromatic heterocycles. The van der Waals surface area contributed by atoms with Crippen molar-refractivity contribution in [1.29, 1.82) is 0 Å². The van der Waals surface area contributed by atoms with Crippen molar-refractivity contribution in [2.75, 3.05) is 19.6 Å². The van der Waals surface area contributed by atoms with Crippen molar-refractivity contribution < 1.29 is 4.42 Å². The van der Waals surface area contributed by atoms with E-state index in [9.17, 15) is 0 Å². The first-order chi connectivity index (χ1) is 9.84. The molecule has 1 aliphatic heterocycles. The number of aromatic nitrogens is 1. The van der Waals surface area contributed by atoms with Gasteiger partial charge in [0.2, 0.25) is 0 Å². The Hall–Kier alpha value is -1.17. The van der Waals surface area contributed by atoms with E-state index in [1.165, 1.54) is 30.8 Å². The summed E-state index contributed by atoms with van der Waals surface area (Å²) in [7, 11) is 0. The van der Waals surface area contributed by atoms with Crippen LogP contribution in [0, 0.1) is 0 Å².